The Kier molecular flexibility index (Phi) is 10.1. The van der Waals surface area contributed by atoms with Gasteiger partial charge in [-0.15, -0.1) is 11.3 Å². The highest BCUT2D eigenvalue weighted by Crippen LogP contribution is 2.14. The molecule has 0 saturated carbocycles. The van der Waals surface area contributed by atoms with E-state index in [1.807, 2.05) is 44.2 Å². The van der Waals surface area contributed by atoms with E-state index in [9.17, 15) is 14.7 Å². The summed E-state index contributed by atoms with van der Waals surface area (Å²) in [7, 11) is 0. The van der Waals surface area contributed by atoms with Gasteiger partial charge < -0.3 is 24.8 Å². The quantitative estimate of drug-likeness (QED) is 0.531. The maximum atomic E-state index is 12.8. The first-order valence-electron chi connectivity index (χ1n) is 11.0. The molecule has 33 heavy (non-hydrogen) atoms. The number of carbonyl (C=O) groups is 2. The fourth-order valence-corrected chi connectivity index (χ4v) is 3.67. The van der Waals surface area contributed by atoms with Crippen LogP contribution in [-0.2, 0) is 22.5 Å². The van der Waals surface area contributed by atoms with Gasteiger partial charge in [0.2, 0.25) is 0 Å². The van der Waals surface area contributed by atoms with Gasteiger partial charge in [0.25, 0.3) is 0 Å². The molecule has 2 amide bonds. The first-order chi connectivity index (χ1) is 15.5. The smallest absolute Gasteiger partial charge is 0.410 e. The lowest BCUT2D eigenvalue weighted by Crippen LogP contribution is -2.52. The zero-order valence-electron chi connectivity index (χ0n) is 20.0. The Labute approximate surface area is 199 Å². The number of nitrogens with one attached hydrogen (secondary N) is 1. The summed E-state index contributed by atoms with van der Waals surface area (Å²) in [5.41, 5.74) is 1.95. The van der Waals surface area contributed by atoms with Crippen LogP contribution in [0, 0.1) is 5.92 Å². The molecule has 2 atom stereocenters. The lowest BCUT2D eigenvalue weighted by Gasteiger charge is -2.31. The second-order valence-electron chi connectivity index (χ2n) is 9.33. The first kappa shape index (κ1) is 26.6. The number of carbonyl (C=O) groups excluding carboxylic acids is 2. The third kappa shape index (κ3) is 10.2. The number of nitrogens with zero attached hydrogens (tertiary/aromatic N) is 2. The van der Waals surface area contributed by atoms with E-state index in [-0.39, 0.29) is 19.1 Å². The average molecular weight is 478 g/mol. The fourth-order valence-electron chi connectivity index (χ4n) is 3.17. The van der Waals surface area contributed by atoms with Crippen LogP contribution in [0.2, 0.25) is 0 Å². The normalized spacial score (nSPS) is 13.3. The molecule has 182 valence electrons. The van der Waals surface area contributed by atoms with Crippen LogP contribution < -0.4 is 5.32 Å². The number of amides is 2. The van der Waals surface area contributed by atoms with Crippen LogP contribution in [0.1, 0.15) is 45.1 Å². The summed E-state index contributed by atoms with van der Waals surface area (Å²) in [6.07, 6.45) is -0.141. The molecule has 2 unspecified atom stereocenters. The average Bonchev–Trinajstić information content (AvgIpc) is 3.23. The molecular weight excluding hydrogens is 442 g/mol. The van der Waals surface area contributed by atoms with Crippen LogP contribution >= 0.6 is 11.3 Å². The molecule has 1 aromatic carbocycles. The van der Waals surface area contributed by atoms with Crippen molar-refractivity contribution in [2.24, 2.45) is 5.92 Å². The minimum atomic E-state index is -1.03. The van der Waals surface area contributed by atoms with Gasteiger partial charge in [-0.2, -0.15) is 0 Å². The van der Waals surface area contributed by atoms with E-state index in [4.69, 9.17) is 9.47 Å². The molecule has 1 aromatic heterocycles. The summed E-state index contributed by atoms with van der Waals surface area (Å²) >= 11 is 1.40. The van der Waals surface area contributed by atoms with E-state index in [2.05, 4.69) is 10.3 Å². The maximum Gasteiger partial charge on any atom is 0.410 e. The highest BCUT2D eigenvalue weighted by Gasteiger charge is 2.29. The molecule has 0 radical (unpaired) electrons. The number of hydrogen-bond acceptors (Lipinski definition) is 7. The van der Waals surface area contributed by atoms with E-state index in [1.165, 1.54) is 16.2 Å². The van der Waals surface area contributed by atoms with Crippen molar-refractivity contribution in [3.05, 3.63) is 52.5 Å². The Hall–Kier alpha value is -2.65. The van der Waals surface area contributed by atoms with Gasteiger partial charge in [-0.25, -0.2) is 9.59 Å². The zero-order chi connectivity index (χ0) is 24.4. The number of rotatable bonds is 10. The molecule has 2 rings (SSSR count). The van der Waals surface area contributed by atoms with Gasteiger partial charge in [0.15, 0.2) is 0 Å². The predicted molar refractivity (Wildman–Crippen MR) is 128 cm³/mol. The van der Waals surface area contributed by atoms with Crippen molar-refractivity contribution in [3.63, 3.8) is 0 Å². The Balaban J connectivity index is 2.11. The summed E-state index contributed by atoms with van der Waals surface area (Å²) in [5.74, 6) is 0.166. The maximum absolute atomic E-state index is 12.8. The number of aromatic nitrogens is 1. The molecule has 0 aliphatic rings. The number of alkyl carbamates (subject to hydrolysis) is 1. The minimum Gasteiger partial charge on any atom is -0.444 e. The lowest BCUT2D eigenvalue weighted by molar-refractivity contribution is 0.0324. The lowest BCUT2D eigenvalue weighted by atomic mass is 10.0. The minimum absolute atomic E-state index is 0.00695. The standard InChI is InChI=1S/C24H35N3O5S/c1-17(2)13-27(23(30)31-15-19-12-25-16-33-19)14-21(28)20(11-18-9-7-6-8-10-18)26-22(29)32-24(3,4)5/h6-10,12,16-17,20-21,28H,11,13-15H2,1-5H3,(H,26,29). The molecule has 0 aliphatic heterocycles. The van der Waals surface area contributed by atoms with Gasteiger partial charge in [-0.1, -0.05) is 44.2 Å². The number of aliphatic hydroxyl groups excluding tert-OH is 1. The van der Waals surface area contributed by atoms with Crippen LogP contribution in [0.3, 0.4) is 0 Å². The van der Waals surface area contributed by atoms with Crippen LogP contribution in [0.25, 0.3) is 0 Å². The predicted octanol–water partition coefficient (Wildman–Crippen LogP) is 4.23. The Morgan fingerprint density at radius 1 is 1.18 bits per heavy atom. The molecule has 0 fully saturated rings. The summed E-state index contributed by atoms with van der Waals surface area (Å²) in [6.45, 7) is 9.83. The van der Waals surface area contributed by atoms with Crippen molar-refractivity contribution in [2.45, 2.75) is 65.4 Å². The number of aliphatic hydroxyl groups is 1. The second-order valence-corrected chi connectivity index (χ2v) is 10.3. The Morgan fingerprint density at radius 3 is 2.45 bits per heavy atom. The van der Waals surface area contributed by atoms with E-state index in [0.29, 0.717) is 13.0 Å². The fraction of sp³-hybridized carbons (Fsp3) is 0.542. The highest BCUT2D eigenvalue weighted by molar-refractivity contribution is 7.09. The van der Waals surface area contributed by atoms with Crippen LogP contribution in [0.15, 0.2) is 42.0 Å². The summed E-state index contributed by atoms with van der Waals surface area (Å²) in [5, 5.41) is 13.9. The number of ether oxygens (including phenoxy) is 2. The van der Waals surface area contributed by atoms with E-state index >= 15 is 0 Å². The third-order valence-electron chi connectivity index (χ3n) is 4.54. The van der Waals surface area contributed by atoms with E-state index in [0.717, 1.165) is 10.4 Å². The molecule has 9 heteroatoms. The number of hydrogen-bond donors (Lipinski definition) is 2. The summed E-state index contributed by atoms with van der Waals surface area (Å²) in [6, 6.07) is 8.88. The molecule has 8 nitrogen and oxygen atoms in total. The van der Waals surface area contributed by atoms with Crippen molar-refractivity contribution < 1.29 is 24.2 Å². The van der Waals surface area contributed by atoms with Crippen LogP contribution in [0.4, 0.5) is 9.59 Å². The largest absolute Gasteiger partial charge is 0.444 e. The molecule has 0 aliphatic carbocycles. The Morgan fingerprint density at radius 2 is 1.88 bits per heavy atom. The van der Waals surface area contributed by atoms with Gasteiger partial charge >= 0.3 is 12.2 Å². The third-order valence-corrected chi connectivity index (χ3v) is 5.29. The zero-order valence-corrected chi connectivity index (χ0v) is 20.8. The molecule has 2 N–H and O–H groups in total. The summed E-state index contributed by atoms with van der Waals surface area (Å²) < 4.78 is 10.8. The van der Waals surface area contributed by atoms with Crippen molar-refractivity contribution in [3.8, 4) is 0 Å². The van der Waals surface area contributed by atoms with Gasteiger partial charge in [-0.3, -0.25) is 4.98 Å². The first-order valence-corrected chi connectivity index (χ1v) is 11.9. The molecule has 0 bridgehead atoms. The van der Waals surface area contributed by atoms with E-state index < -0.39 is 29.9 Å². The molecule has 0 saturated heterocycles. The van der Waals surface area contributed by atoms with E-state index in [1.54, 1.807) is 32.5 Å². The van der Waals surface area contributed by atoms with Crippen molar-refractivity contribution in [2.75, 3.05) is 13.1 Å². The molecule has 2 aromatic rings. The SMILES string of the molecule is CC(C)CN(CC(O)C(Cc1ccccc1)NC(=O)OC(C)(C)C)C(=O)OCc1cncs1. The topological polar surface area (TPSA) is 101 Å². The van der Waals surface area contributed by atoms with Crippen LogP contribution in [-0.4, -0.2) is 58.0 Å². The van der Waals surface area contributed by atoms with Gasteiger partial charge in [0, 0.05) is 12.7 Å². The number of thiazole rings is 1. The molecular formula is C24H35N3O5S. The molecule has 0 spiro atoms. The van der Waals surface area contributed by atoms with Gasteiger partial charge in [-0.05, 0) is 38.7 Å². The van der Waals surface area contributed by atoms with Gasteiger partial charge in [0.05, 0.1) is 29.1 Å². The summed E-state index contributed by atoms with van der Waals surface area (Å²) in [4.78, 5) is 31.5. The van der Waals surface area contributed by atoms with Crippen molar-refractivity contribution >= 4 is 23.5 Å². The van der Waals surface area contributed by atoms with Crippen molar-refractivity contribution in [1.29, 1.82) is 0 Å². The monoisotopic (exact) mass is 477 g/mol. The Bertz CT molecular complexity index is 853. The number of benzene rings is 1. The highest BCUT2D eigenvalue weighted by atomic mass is 32.1. The molecule has 1 heterocycles. The van der Waals surface area contributed by atoms with Gasteiger partial charge in [0.1, 0.15) is 12.2 Å². The van der Waals surface area contributed by atoms with Crippen molar-refractivity contribution in [1.82, 2.24) is 15.2 Å². The second kappa shape index (κ2) is 12.6. The van der Waals surface area contributed by atoms with Crippen LogP contribution in [0.5, 0.6) is 0 Å².